The number of hydrogen-bond donors (Lipinski definition) is 1. The van der Waals surface area contributed by atoms with Gasteiger partial charge in [0.15, 0.2) is 0 Å². The molecule has 7 heteroatoms. The number of hydrogen-bond acceptors (Lipinski definition) is 4. The number of benzene rings is 2. The largest absolute Gasteiger partial charge is 0.352 e. The number of nitrogens with zero attached hydrogens (tertiary/aromatic N) is 4. The summed E-state index contributed by atoms with van der Waals surface area (Å²) in [6.07, 6.45) is 5.02. The smallest absolute Gasteiger partial charge is 0.255 e. The molecule has 2 aromatic carbocycles. The van der Waals surface area contributed by atoms with Gasteiger partial charge in [0.25, 0.3) is 5.91 Å². The average molecular weight is 456 g/mol. The van der Waals surface area contributed by atoms with E-state index in [1.54, 1.807) is 23.0 Å². The third-order valence-corrected chi connectivity index (χ3v) is 6.24. The number of nitrogens with one attached hydrogen (secondary N) is 1. The van der Waals surface area contributed by atoms with Crippen molar-refractivity contribution in [2.45, 2.75) is 32.9 Å². The average Bonchev–Trinajstić information content (AvgIpc) is 3.32. The van der Waals surface area contributed by atoms with Crippen molar-refractivity contribution < 1.29 is 9.18 Å². The summed E-state index contributed by atoms with van der Waals surface area (Å²) in [4.78, 5) is 19.8. The molecular formula is C27H26FN5O. The lowest BCUT2D eigenvalue weighted by Gasteiger charge is -2.29. The molecule has 0 bridgehead atoms. The Labute approximate surface area is 198 Å². The Morgan fingerprint density at radius 1 is 1.03 bits per heavy atom. The minimum absolute atomic E-state index is 0.193. The van der Waals surface area contributed by atoms with Gasteiger partial charge in [-0.05, 0) is 59.9 Å². The van der Waals surface area contributed by atoms with E-state index < -0.39 is 0 Å². The summed E-state index contributed by atoms with van der Waals surface area (Å²) in [6, 6.07) is 18.6. The number of pyridine rings is 1. The highest BCUT2D eigenvalue weighted by Crippen LogP contribution is 2.23. The van der Waals surface area contributed by atoms with E-state index in [0.29, 0.717) is 18.5 Å². The fraction of sp³-hybridized carbons (Fsp3) is 0.222. The van der Waals surface area contributed by atoms with E-state index in [9.17, 15) is 9.18 Å². The van der Waals surface area contributed by atoms with Crippen LogP contribution in [0.15, 0.2) is 73.1 Å². The maximum Gasteiger partial charge on any atom is 0.255 e. The van der Waals surface area contributed by atoms with Gasteiger partial charge in [-0.3, -0.25) is 4.79 Å². The molecule has 1 amide bonds. The molecule has 2 aromatic heterocycles. The van der Waals surface area contributed by atoms with Crippen molar-refractivity contribution in [1.82, 2.24) is 20.1 Å². The monoisotopic (exact) mass is 455 g/mol. The fourth-order valence-electron chi connectivity index (χ4n) is 4.39. The van der Waals surface area contributed by atoms with Gasteiger partial charge in [0.2, 0.25) is 0 Å². The molecule has 0 radical (unpaired) electrons. The summed E-state index contributed by atoms with van der Waals surface area (Å²) >= 11 is 0. The van der Waals surface area contributed by atoms with Gasteiger partial charge in [0.1, 0.15) is 11.6 Å². The van der Waals surface area contributed by atoms with E-state index in [4.69, 9.17) is 0 Å². The molecule has 0 atom stereocenters. The molecule has 5 rings (SSSR count). The van der Waals surface area contributed by atoms with Crippen LogP contribution in [-0.2, 0) is 25.9 Å². The lowest BCUT2D eigenvalue weighted by molar-refractivity contribution is 0.0950. The molecule has 34 heavy (non-hydrogen) atoms. The van der Waals surface area contributed by atoms with Gasteiger partial charge in [-0.25, -0.2) is 14.1 Å². The van der Waals surface area contributed by atoms with Gasteiger partial charge >= 0.3 is 0 Å². The van der Waals surface area contributed by atoms with Gasteiger partial charge in [-0.2, -0.15) is 5.10 Å². The zero-order valence-electron chi connectivity index (χ0n) is 19.0. The number of fused-ring (bicyclic) bond motifs is 1. The normalized spacial score (nSPS) is 12.9. The number of amides is 1. The minimum Gasteiger partial charge on any atom is -0.352 e. The van der Waals surface area contributed by atoms with Crippen molar-refractivity contribution >= 4 is 11.7 Å². The Morgan fingerprint density at radius 3 is 2.56 bits per heavy atom. The summed E-state index contributed by atoms with van der Waals surface area (Å²) in [6.45, 7) is 4.14. The standard InChI is InChI=1S/C27H26FN5O/c1-2-25-24(17-31-33(25)23-10-8-22(28)9-11-23)27(34)30-16-19-7-12-26(29-15-19)32-14-13-20-5-3-4-6-21(20)18-32/h3-12,15,17H,2,13-14,16,18H2,1H3,(H,30,34). The van der Waals surface area contributed by atoms with Crippen molar-refractivity contribution in [2.24, 2.45) is 0 Å². The molecule has 1 aliphatic rings. The molecule has 0 saturated heterocycles. The SMILES string of the molecule is CCc1c(C(=O)NCc2ccc(N3CCc4ccccc4C3)nc2)cnn1-c1ccc(F)cc1. The van der Waals surface area contributed by atoms with E-state index in [1.165, 1.54) is 23.3 Å². The number of halogens is 1. The molecule has 172 valence electrons. The topological polar surface area (TPSA) is 63.1 Å². The zero-order chi connectivity index (χ0) is 23.5. The molecule has 6 nitrogen and oxygen atoms in total. The molecule has 0 spiro atoms. The second-order valence-electron chi connectivity index (χ2n) is 8.39. The highest BCUT2D eigenvalue weighted by atomic mass is 19.1. The Bertz CT molecular complexity index is 1300. The minimum atomic E-state index is -0.309. The second kappa shape index (κ2) is 9.47. The first-order chi connectivity index (χ1) is 16.6. The number of carbonyl (C=O) groups excluding carboxylic acids is 1. The number of rotatable bonds is 6. The first-order valence-corrected chi connectivity index (χ1v) is 11.5. The Morgan fingerprint density at radius 2 is 1.82 bits per heavy atom. The number of aromatic nitrogens is 3. The van der Waals surface area contributed by atoms with Crippen molar-refractivity contribution in [3.05, 3.63) is 107 Å². The summed E-state index contributed by atoms with van der Waals surface area (Å²) < 4.78 is 15.0. The van der Waals surface area contributed by atoms with Gasteiger partial charge in [0, 0.05) is 25.8 Å². The van der Waals surface area contributed by atoms with E-state index in [2.05, 4.69) is 44.6 Å². The van der Waals surface area contributed by atoms with Crippen molar-refractivity contribution in [3.8, 4) is 5.69 Å². The summed E-state index contributed by atoms with van der Waals surface area (Å²) in [5, 5.41) is 7.33. The van der Waals surface area contributed by atoms with Gasteiger partial charge < -0.3 is 10.2 Å². The molecule has 0 unspecified atom stereocenters. The molecule has 3 heterocycles. The van der Waals surface area contributed by atoms with Crippen LogP contribution in [0.3, 0.4) is 0 Å². The summed E-state index contributed by atoms with van der Waals surface area (Å²) in [5.74, 6) is 0.442. The Hall–Kier alpha value is -4.00. The Balaban J connectivity index is 1.23. The van der Waals surface area contributed by atoms with Crippen LogP contribution in [0, 0.1) is 5.82 Å². The first-order valence-electron chi connectivity index (χ1n) is 11.5. The highest BCUT2D eigenvalue weighted by Gasteiger charge is 2.18. The molecule has 0 saturated carbocycles. The van der Waals surface area contributed by atoms with Crippen LogP contribution in [0.4, 0.5) is 10.2 Å². The van der Waals surface area contributed by atoms with Gasteiger partial charge in [-0.15, -0.1) is 0 Å². The number of carbonyl (C=O) groups is 1. The fourth-order valence-corrected chi connectivity index (χ4v) is 4.39. The van der Waals surface area contributed by atoms with E-state index in [0.717, 1.165) is 42.3 Å². The van der Waals surface area contributed by atoms with Crippen LogP contribution in [0.1, 0.15) is 39.7 Å². The third kappa shape index (κ3) is 4.41. The first kappa shape index (κ1) is 21.8. The van der Waals surface area contributed by atoms with Crippen molar-refractivity contribution in [2.75, 3.05) is 11.4 Å². The molecular weight excluding hydrogens is 429 g/mol. The van der Waals surface area contributed by atoms with E-state index >= 15 is 0 Å². The maximum absolute atomic E-state index is 13.3. The van der Waals surface area contributed by atoms with Gasteiger partial charge in [0.05, 0.1) is 23.1 Å². The lowest BCUT2D eigenvalue weighted by Crippen LogP contribution is -2.31. The van der Waals surface area contributed by atoms with Crippen LogP contribution < -0.4 is 10.2 Å². The maximum atomic E-state index is 13.3. The van der Waals surface area contributed by atoms with Crippen molar-refractivity contribution in [3.63, 3.8) is 0 Å². The predicted molar refractivity (Wildman–Crippen MR) is 130 cm³/mol. The van der Waals surface area contributed by atoms with E-state index in [1.807, 2.05) is 25.3 Å². The van der Waals surface area contributed by atoms with E-state index in [-0.39, 0.29) is 11.7 Å². The molecule has 0 aliphatic carbocycles. The molecule has 4 aromatic rings. The van der Waals surface area contributed by atoms with Gasteiger partial charge in [-0.1, -0.05) is 37.3 Å². The molecule has 1 aliphatic heterocycles. The van der Waals surface area contributed by atoms with Crippen LogP contribution in [-0.4, -0.2) is 27.2 Å². The summed E-state index contributed by atoms with van der Waals surface area (Å²) in [7, 11) is 0. The summed E-state index contributed by atoms with van der Waals surface area (Å²) in [5.41, 5.74) is 5.70. The zero-order valence-corrected chi connectivity index (χ0v) is 19.0. The highest BCUT2D eigenvalue weighted by molar-refractivity contribution is 5.95. The third-order valence-electron chi connectivity index (χ3n) is 6.24. The van der Waals surface area contributed by atoms with Crippen LogP contribution in [0.25, 0.3) is 5.69 Å². The van der Waals surface area contributed by atoms with Crippen molar-refractivity contribution in [1.29, 1.82) is 0 Å². The second-order valence-corrected chi connectivity index (χ2v) is 8.39. The van der Waals surface area contributed by atoms with Crippen LogP contribution in [0.5, 0.6) is 0 Å². The Kier molecular flexibility index (Phi) is 6.08. The quantitative estimate of drug-likeness (QED) is 0.466. The lowest BCUT2D eigenvalue weighted by atomic mass is 10.00. The predicted octanol–water partition coefficient (Wildman–Crippen LogP) is 4.46. The van der Waals surface area contributed by atoms with Crippen LogP contribution >= 0.6 is 0 Å². The molecule has 0 fully saturated rings. The van der Waals surface area contributed by atoms with Crippen LogP contribution in [0.2, 0.25) is 0 Å². The number of anilines is 1. The molecule has 1 N–H and O–H groups in total.